The van der Waals surface area contributed by atoms with Gasteiger partial charge < -0.3 is 14.8 Å². The highest BCUT2D eigenvalue weighted by Crippen LogP contribution is 2.25. The minimum Gasteiger partial charge on any atom is -0.385 e. The van der Waals surface area contributed by atoms with Crippen LogP contribution in [0.3, 0.4) is 0 Å². The summed E-state index contributed by atoms with van der Waals surface area (Å²) in [6, 6.07) is 5.79. The van der Waals surface area contributed by atoms with E-state index in [0.717, 1.165) is 23.1 Å². The lowest BCUT2D eigenvalue weighted by Crippen LogP contribution is -2.21. The molecule has 0 unspecified atom stereocenters. The molecule has 0 heterocycles. The van der Waals surface area contributed by atoms with Gasteiger partial charge in [-0.3, -0.25) is 0 Å². The normalized spacial score (nSPS) is 10.9. The number of hydrogen-bond acceptors (Lipinski definition) is 3. The molecule has 5 heteroatoms. The van der Waals surface area contributed by atoms with Crippen LogP contribution in [-0.4, -0.2) is 26.0 Å². The van der Waals surface area contributed by atoms with Gasteiger partial charge in [-0.15, -0.1) is 0 Å². The first kappa shape index (κ1) is 15.8. The van der Waals surface area contributed by atoms with Crippen LogP contribution in [0, 0.1) is 0 Å². The van der Waals surface area contributed by atoms with Gasteiger partial charge >= 0.3 is 0 Å². The van der Waals surface area contributed by atoms with Gasteiger partial charge in [0.2, 0.25) is 0 Å². The van der Waals surface area contributed by atoms with Crippen LogP contribution in [0.5, 0.6) is 0 Å². The predicted molar refractivity (Wildman–Crippen MR) is 79.3 cm³/mol. The van der Waals surface area contributed by atoms with Gasteiger partial charge in [-0.05, 0) is 48.0 Å². The Morgan fingerprint density at radius 1 is 1.28 bits per heavy atom. The summed E-state index contributed by atoms with van der Waals surface area (Å²) in [6.07, 6.45) is 0.661. The number of rotatable bonds is 8. The molecule has 0 atom stereocenters. The summed E-state index contributed by atoms with van der Waals surface area (Å²) in [7, 11) is 0. The molecule has 1 aromatic rings. The van der Waals surface area contributed by atoms with Crippen LogP contribution < -0.4 is 5.32 Å². The van der Waals surface area contributed by atoms with Gasteiger partial charge in [0.1, 0.15) is 0 Å². The highest BCUT2D eigenvalue weighted by Gasteiger charge is 2.07. The highest BCUT2D eigenvalue weighted by atomic mass is 79.9. The van der Waals surface area contributed by atoms with Crippen LogP contribution >= 0.6 is 27.5 Å². The van der Waals surface area contributed by atoms with Crippen LogP contribution in [0.2, 0.25) is 5.02 Å². The summed E-state index contributed by atoms with van der Waals surface area (Å²) in [6.45, 7) is 6.04. The third-order valence-electron chi connectivity index (χ3n) is 2.33. The Bertz CT molecular complexity index is 357. The van der Waals surface area contributed by atoms with Crippen molar-refractivity contribution in [2.24, 2.45) is 0 Å². The zero-order valence-corrected chi connectivity index (χ0v) is 13.1. The first-order valence-corrected chi connectivity index (χ1v) is 7.26. The van der Waals surface area contributed by atoms with Crippen molar-refractivity contribution in [3.63, 3.8) is 0 Å². The van der Waals surface area contributed by atoms with Crippen LogP contribution in [0.4, 0.5) is 5.69 Å². The summed E-state index contributed by atoms with van der Waals surface area (Å²) >= 11 is 9.38. The molecule has 0 saturated carbocycles. The topological polar surface area (TPSA) is 30.5 Å². The van der Waals surface area contributed by atoms with Gasteiger partial charge in [-0.1, -0.05) is 11.6 Å². The molecule has 0 aliphatic heterocycles. The summed E-state index contributed by atoms with van der Waals surface area (Å²) in [5.41, 5.74) is 0.995. The largest absolute Gasteiger partial charge is 0.385 e. The van der Waals surface area contributed by atoms with E-state index in [1.54, 1.807) is 0 Å². The summed E-state index contributed by atoms with van der Waals surface area (Å²) in [4.78, 5) is 0. The van der Waals surface area contributed by atoms with Crippen molar-refractivity contribution in [2.45, 2.75) is 26.6 Å². The average molecular weight is 337 g/mol. The smallest absolute Gasteiger partial charge is 0.159 e. The molecule has 1 aromatic carbocycles. The Labute approximate surface area is 122 Å². The van der Waals surface area contributed by atoms with E-state index in [9.17, 15) is 0 Å². The Morgan fingerprint density at radius 3 is 2.50 bits per heavy atom. The maximum atomic E-state index is 6.02. The van der Waals surface area contributed by atoms with Crippen molar-refractivity contribution in [3.8, 4) is 0 Å². The fourth-order valence-electron chi connectivity index (χ4n) is 1.53. The SMILES string of the molecule is CCOC(CCNc1ccc(Br)c(Cl)c1)OCC. The third kappa shape index (κ3) is 5.57. The van der Waals surface area contributed by atoms with E-state index in [0.29, 0.717) is 18.2 Å². The average Bonchev–Trinajstić information content (AvgIpc) is 2.34. The van der Waals surface area contributed by atoms with E-state index in [4.69, 9.17) is 21.1 Å². The van der Waals surface area contributed by atoms with Gasteiger partial charge in [0.05, 0.1) is 5.02 Å². The van der Waals surface area contributed by atoms with E-state index in [1.807, 2.05) is 32.0 Å². The molecule has 0 bridgehead atoms. The maximum absolute atomic E-state index is 6.02. The van der Waals surface area contributed by atoms with Gasteiger partial charge in [0, 0.05) is 36.3 Å². The summed E-state index contributed by atoms with van der Waals surface area (Å²) < 4.78 is 11.8. The predicted octanol–water partition coefficient (Wildman–Crippen LogP) is 4.30. The number of benzene rings is 1. The molecule has 0 saturated heterocycles. The van der Waals surface area contributed by atoms with Crippen LogP contribution in [0.25, 0.3) is 0 Å². The fourth-order valence-corrected chi connectivity index (χ4v) is 1.95. The van der Waals surface area contributed by atoms with E-state index in [-0.39, 0.29) is 6.29 Å². The Balaban J connectivity index is 2.37. The van der Waals surface area contributed by atoms with Gasteiger partial charge in [-0.25, -0.2) is 0 Å². The molecular weight excluding hydrogens is 318 g/mol. The second kappa shape index (κ2) is 8.75. The number of ether oxygens (including phenoxy) is 2. The summed E-state index contributed by atoms with van der Waals surface area (Å²) in [5, 5.41) is 3.99. The molecular formula is C13H19BrClNO2. The number of halogens is 2. The zero-order valence-electron chi connectivity index (χ0n) is 10.7. The van der Waals surface area contributed by atoms with E-state index in [2.05, 4.69) is 21.2 Å². The van der Waals surface area contributed by atoms with Crippen molar-refractivity contribution in [1.82, 2.24) is 0 Å². The van der Waals surface area contributed by atoms with Crippen molar-refractivity contribution in [3.05, 3.63) is 27.7 Å². The molecule has 1 N–H and O–H groups in total. The minimum atomic E-state index is -0.140. The van der Waals surface area contributed by atoms with Crippen LogP contribution in [0.1, 0.15) is 20.3 Å². The van der Waals surface area contributed by atoms with Crippen molar-refractivity contribution in [2.75, 3.05) is 25.1 Å². The first-order chi connectivity index (χ1) is 8.67. The molecule has 0 aromatic heterocycles. The lowest BCUT2D eigenvalue weighted by molar-refractivity contribution is -0.137. The van der Waals surface area contributed by atoms with Crippen molar-refractivity contribution in [1.29, 1.82) is 0 Å². The Hall–Kier alpha value is -0.290. The summed E-state index contributed by atoms with van der Waals surface area (Å²) in [5.74, 6) is 0. The second-order valence-electron chi connectivity index (χ2n) is 3.68. The molecule has 0 spiro atoms. The molecule has 0 radical (unpaired) electrons. The first-order valence-electron chi connectivity index (χ1n) is 6.09. The number of hydrogen-bond donors (Lipinski definition) is 1. The molecule has 0 amide bonds. The standard InChI is InChI=1S/C13H19BrClNO2/c1-3-17-13(18-4-2)7-8-16-10-5-6-11(14)12(15)9-10/h5-6,9,13,16H,3-4,7-8H2,1-2H3. The fraction of sp³-hybridized carbons (Fsp3) is 0.538. The van der Waals surface area contributed by atoms with Gasteiger partial charge in [0.25, 0.3) is 0 Å². The van der Waals surface area contributed by atoms with Crippen LogP contribution in [0.15, 0.2) is 22.7 Å². The Morgan fingerprint density at radius 2 is 1.94 bits per heavy atom. The number of nitrogens with one attached hydrogen (secondary N) is 1. The van der Waals surface area contributed by atoms with Crippen molar-refractivity contribution < 1.29 is 9.47 Å². The molecule has 0 fully saturated rings. The molecule has 3 nitrogen and oxygen atoms in total. The van der Waals surface area contributed by atoms with E-state index < -0.39 is 0 Å². The van der Waals surface area contributed by atoms with Gasteiger partial charge in [0.15, 0.2) is 6.29 Å². The monoisotopic (exact) mass is 335 g/mol. The van der Waals surface area contributed by atoms with E-state index >= 15 is 0 Å². The van der Waals surface area contributed by atoms with E-state index in [1.165, 1.54) is 0 Å². The second-order valence-corrected chi connectivity index (χ2v) is 4.95. The quantitative estimate of drug-likeness (QED) is 0.718. The Kier molecular flexibility index (Phi) is 7.66. The zero-order chi connectivity index (χ0) is 13.4. The molecule has 0 aliphatic carbocycles. The molecule has 1 rings (SSSR count). The highest BCUT2D eigenvalue weighted by molar-refractivity contribution is 9.10. The number of anilines is 1. The van der Waals surface area contributed by atoms with Crippen LogP contribution in [-0.2, 0) is 9.47 Å². The lowest BCUT2D eigenvalue weighted by Gasteiger charge is -2.17. The maximum Gasteiger partial charge on any atom is 0.159 e. The lowest BCUT2D eigenvalue weighted by atomic mass is 10.3. The van der Waals surface area contributed by atoms with Gasteiger partial charge in [-0.2, -0.15) is 0 Å². The third-order valence-corrected chi connectivity index (χ3v) is 3.57. The molecule has 102 valence electrons. The minimum absolute atomic E-state index is 0.140. The molecule has 0 aliphatic rings. The molecule has 18 heavy (non-hydrogen) atoms. The van der Waals surface area contributed by atoms with Crippen molar-refractivity contribution >= 4 is 33.2 Å².